The molecule has 1 atom stereocenters. The summed E-state index contributed by atoms with van der Waals surface area (Å²) in [5, 5.41) is 6.51. The zero-order chi connectivity index (χ0) is 20.0. The number of hydrogen-bond acceptors (Lipinski definition) is 5. The van der Waals surface area contributed by atoms with E-state index < -0.39 is 12.0 Å². The number of benzene rings is 1. The number of carbonyl (C=O) groups is 2. The number of esters is 1. The van der Waals surface area contributed by atoms with Gasteiger partial charge < -0.3 is 25.0 Å². The number of allylic oxidation sites excluding steroid dienone is 1. The van der Waals surface area contributed by atoms with Gasteiger partial charge in [0.2, 0.25) is 5.91 Å². The van der Waals surface area contributed by atoms with Gasteiger partial charge >= 0.3 is 5.97 Å². The van der Waals surface area contributed by atoms with Crippen molar-refractivity contribution >= 4 is 34.9 Å². The van der Waals surface area contributed by atoms with Crippen LogP contribution in [-0.4, -0.2) is 48.8 Å². The molecule has 0 unspecified atom stereocenters. The summed E-state index contributed by atoms with van der Waals surface area (Å²) >= 11 is 5.47. The van der Waals surface area contributed by atoms with E-state index in [0.29, 0.717) is 29.5 Å². The number of thiocarbonyl (C=S) groups is 1. The largest absolute Gasteiger partial charge is 0.460 e. The van der Waals surface area contributed by atoms with Crippen LogP contribution in [0.5, 0.6) is 0 Å². The molecule has 7 nitrogen and oxygen atoms in total. The van der Waals surface area contributed by atoms with E-state index in [1.165, 1.54) is 6.92 Å². The monoisotopic (exact) mass is 391 g/mol. The molecule has 2 N–H and O–H groups in total. The van der Waals surface area contributed by atoms with E-state index in [0.717, 1.165) is 11.3 Å². The van der Waals surface area contributed by atoms with Crippen LogP contribution in [0.25, 0.3) is 0 Å². The van der Waals surface area contributed by atoms with E-state index in [9.17, 15) is 9.59 Å². The number of methoxy groups -OCH3 is 1. The first-order valence-electron chi connectivity index (χ1n) is 8.71. The second-order valence-corrected chi connectivity index (χ2v) is 6.45. The summed E-state index contributed by atoms with van der Waals surface area (Å²) in [4.78, 5) is 26.0. The van der Waals surface area contributed by atoms with Crippen molar-refractivity contribution in [3.8, 4) is 0 Å². The molecule has 0 saturated carbocycles. The molecule has 1 amide bonds. The third-order valence-electron chi connectivity index (χ3n) is 4.19. The van der Waals surface area contributed by atoms with Gasteiger partial charge in [0, 0.05) is 32.0 Å². The molecular weight excluding hydrogens is 366 g/mol. The van der Waals surface area contributed by atoms with Crippen LogP contribution in [0.15, 0.2) is 35.5 Å². The van der Waals surface area contributed by atoms with Crippen molar-refractivity contribution in [2.45, 2.75) is 26.8 Å². The van der Waals surface area contributed by atoms with Crippen LogP contribution in [0.2, 0.25) is 0 Å². The van der Waals surface area contributed by atoms with Crippen molar-refractivity contribution in [3.63, 3.8) is 0 Å². The Labute approximate surface area is 164 Å². The molecule has 1 heterocycles. The van der Waals surface area contributed by atoms with Gasteiger partial charge in [-0.25, -0.2) is 4.79 Å². The molecule has 8 heteroatoms. The number of amides is 1. The molecule has 27 heavy (non-hydrogen) atoms. The number of hydrogen-bond donors (Lipinski definition) is 2. The lowest BCUT2D eigenvalue weighted by Gasteiger charge is -2.37. The van der Waals surface area contributed by atoms with Crippen LogP contribution in [-0.2, 0) is 19.1 Å². The average Bonchev–Trinajstić information content (AvgIpc) is 2.61. The van der Waals surface area contributed by atoms with Crippen LogP contribution in [0.4, 0.5) is 5.69 Å². The Balaban J connectivity index is 2.42. The van der Waals surface area contributed by atoms with Crippen molar-refractivity contribution in [1.29, 1.82) is 0 Å². The molecule has 0 spiro atoms. The van der Waals surface area contributed by atoms with Crippen LogP contribution in [0, 0.1) is 0 Å². The summed E-state index contributed by atoms with van der Waals surface area (Å²) in [5.74, 6) is -0.588. The first-order valence-corrected chi connectivity index (χ1v) is 9.12. The summed E-state index contributed by atoms with van der Waals surface area (Å²) in [7, 11) is 1.55. The molecule has 0 aromatic heterocycles. The molecular formula is C19H25N3O4S. The number of rotatable bonds is 7. The fourth-order valence-electron chi connectivity index (χ4n) is 2.97. The molecule has 1 aromatic carbocycles. The Morgan fingerprint density at radius 1 is 1.33 bits per heavy atom. The maximum atomic E-state index is 12.8. The van der Waals surface area contributed by atoms with E-state index in [4.69, 9.17) is 21.7 Å². The van der Waals surface area contributed by atoms with Gasteiger partial charge in [-0.1, -0.05) is 12.1 Å². The summed E-state index contributed by atoms with van der Waals surface area (Å²) < 4.78 is 10.3. The van der Waals surface area contributed by atoms with Crippen LogP contribution >= 0.6 is 12.2 Å². The van der Waals surface area contributed by atoms with Crippen molar-refractivity contribution in [3.05, 3.63) is 41.1 Å². The van der Waals surface area contributed by atoms with E-state index in [1.54, 1.807) is 13.2 Å². The molecule has 0 aliphatic carbocycles. The Morgan fingerprint density at radius 3 is 2.70 bits per heavy atom. The predicted octanol–water partition coefficient (Wildman–Crippen LogP) is 2.36. The maximum absolute atomic E-state index is 12.8. The van der Waals surface area contributed by atoms with Gasteiger partial charge in [0.25, 0.3) is 0 Å². The number of carbonyl (C=O) groups excluding carboxylic acids is 2. The lowest BCUT2D eigenvalue weighted by Crippen LogP contribution is -2.47. The molecule has 1 aromatic rings. The van der Waals surface area contributed by atoms with Crippen LogP contribution in [0.3, 0.4) is 0 Å². The third kappa shape index (κ3) is 5.05. The molecule has 1 aliphatic rings. The second kappa shape index (κ2) is 9.48. The first kappa shape index (κ1) is 20.9. The molecule has 0 bridgehead atoms. The molecule has 0 fully saturated rings. The molecule has 2 rings (SSSR count). The highest BCUT2D eigenvalue weighted by atomic mass is 32.1. The van der Waals surface area contributed by atoms with Gasteiger partial charge in [-0.2, -0.15) is 0 Å². The zero-order valence-electron chi connectivity index (χ0n) is 16.0. The predicted molar refractivity (Wildman–Crippen MR) is 107 cm³/mol. The maximum Gasteiger partial charge on any atom is 0.338 e. The van der Waals surface area contributed by atoms with Crippen molar-refractivity contribution in [2.75, 3.05) is 32.2 Å². The summed E-state index contributed by atoms with van der Waals surface area (Å²) in [5.41, 5.74) is 2.69. The molecule has 0 radical (unpaired) electrons. The minimum absolute atomic E-state index is 0.164. The molecule has 0 saturated heterocycles. The average molecular weight is 391 g/mol. The van der Waals surface area contributed by atoms with Gasteiger partial charge in [-0.15, -0.1) is 0 Å². The Hall–Kier alpha value is -2.45. The lowest BCUT2D eigenvalue weighted by molar-refractivity contribution is -0.140. The van der Waals surface area contributed by atoms with Crippen molar-refractivity contribution in [1.82, 2.24) is 10.2 Å². The quantitative estimate of drug-likeness (QED) is 0.420. The van der Waals surface area contributed by atoms with Crippen molar-refractivity contribution in [2.24, 2.45) is 0 Å². The normalized spacial score (nSPS) is 16.8. The standard InChI is InChI=1S/C19H25N3O4S/c1-5-22-12(2)16(18(24)26-10-9-25-4)17(21-19(22)27)14-7-6-8-15(11-14)20-13(3)23/h6-8,11,17H,5,9-10H2,1-4H3,(H,20,23)(H,21,27)/t17-/m0/s1. The van der Waals surface area contributed by atoms with Crippen LogP contribution in [0.1, 0.15) is 32.4 Å². The van der Waals surface area contributed by atoms with E-state index in [1.807, 2.05) is 36.9 Å². The fraction of sp³-hybridized carbons (Fsp3) is 0.421. The number of ether oxygens (including phenoxy) is 2. The highest BCUT2D eigenvalue weighted by molar-refractivity contribution is 7.80. The van der Waals surface area contributed by atoms with E-state index >= 15 is 0 Å². The summed E-state index contributed by atoms with van der Waals surface area (Å²) in [6.07, 6.45) is 0. The van der Waals surface area contributed by atoms with Gasteiger partial charge in [0.15, 0.2) is 5.11 Å². The highest BCUT2D eigenvalue weighted by Crippen LogP contribution is 2.32. The SMILES string of the molecule is CCN1C(=S)N[C@@H](c2cccc(NC(C)=O)c2)C(C(=O)OCCOC)=C1C. The first-order chi connectivity index (χ1) is 12.9. The topological polar surface area (TPSA) is 79.9 Å². The summed E-state index contributed by atoms with van der Waals surface area (Å²) in [6, 6.07) is 6.84. The number of nitrogens with one attached hydrogen (secondary N) is 2. The van der Waals surface area contributed by atoms with Gasteiger partial charge in [-0.3, -0.25) is 4.79 Å². The third-order valence-corrected chi connectivity index (χ3v) is 4.53. The van der Waals surface area contributed by atoms with E-state index in [2.05, 4.69) is 10.6 Å². The van der Waals surface area contributed by atoms with Gasteiger partial charge in [-0.05, 0) is 43.8 Å². The Kier molecular flexibility index (Phi) is 7.32. The minimum Gasteiger partial charge on any atom is -0.460 e. The zero-order valence-corrected chi connectivity index (χ0v) is 16.8. The second-order valence-electron chi connectivity index (χ2n) is 6.06. The Bertz CT molecular complexity index is 763. The van der Waals surface area contributed by atoms with Gasteiger partial charge in [0.1, 0.15) is 6.61 Å². The fourth-order valence-corrected chi connectivity index (χ4v) is 3.36. The molecule has 146 valence electrons. The minimum atomic E-state index is -0.468. The van der Waals surface area contributed by atoms with Crippen LogP contribution < -0.4 is 10.6 Å². The van der Waals surface area contributed by atoms with E-state index in [-0.39, 0.29) is 12.5 Å². The highest BCUT2D eigenvalue weighted by Gasteiger charge is 2.34. The number of anilines is 1. The van der Waals surface area contributed by atoms with Gasteiger partial charge in [0.05, 0.1) is 18.2 Å². The number of nitrogens with zero attached hydrogens (tertiary/aromatic N) is 1. The smallest absolute Gasteiger partial charge is 0.338 e. The Morgan fingerprint density at radius 2 is 2.07 bits per heavy atom. The summed E-state index contributed by atoms with van der Waals surface area (Å²) in [6.45, 7) is 6.39. The lowest BCUT2D eigenvalue weighted by atomic mass is 9.94. The molecule has 1 aliphatic heterocycles. The van der Waals surface area contributed by atoms with Crippen molar-refractivity contribution < 1.29 is 19.1 Å².